The number of hydrogen-bond acceptors (Lipinski definition) is 4. The number of anilines is 1. The van der Waals surface area contributed by atoms with Gasteiger partial charge in [-0.2, -0.15) is 0 Å². The first kappa shape index (κ1) is 27.1. The number of aromatic nitrogens is 2. The molecular formula is C29H30F3N5O4. The molecule has 3 heterocycles. The van der Waals surface area contributed by atoms with Crippen molar-refractivity contribution in [1.82, 2.24) is 18.9 Å². The molecule has 3 amide bonds. The van der Waals surface area contributed by atoms with Gasteiger partial charge in [0.15, 0.2) is 0 Å². The quantitative estimate of drug-likeness (QED) is 0.499. The van der Waals surface area contributed by atoms with Gasteiger partial charge in [-0.15, -0.1) is 0 Å². The van der Waals surface area contributed by atoms with E-state index in [1.807, 2.05) is 18.2 Å². The van der Waals surface area contributed by atoms with E-state index in [9.17, 15) is 28.0 Å². The Hall–Kier alpha value is -4.09. The van der Waals surface area contributed by atoms with Gasteiger partial charge in [0.25, 0.3) is 17.4 Å². The van der Waals surface area contributed by atoms with E-state index in [0.29, 0.717) is 25.1 Å². The highest BCUT2D eigenvalue weighted by molar-refractivity contribution is 5.98. The third-order valence-corrected chi connectivity index (χ3v) is 8.35. The highest BCUT2D eigenvalue weighted by Gasteiger charge is 2.57. The van der Waals surface area contributed by atoms with Crippen molar-refractivity contribution in [2.45, 2.75) is 64.2 Å². The zero-order chi connectivity index (χ0) is 29.2. The third kappa shape index (κ3) is 4.68. The predicted octanol–water partition coefficient (Wildman–Crippen LogP) is 4.19. The second-order valence-corrected chi connectivity index (χ2v) is 11.4. The van der Waals surface area contributed by atoms with Gasteiger partial charge in [-0.25, -0.2) is 22.8 Å². The SMILES string of the molecule is CC(C)n1c(=O)n(CC2CC2(F)F)c(=O)c2cc(NC(=O)N3CCC[C@@H](N4Cc5ccccc5C4=O)C3)c(F)cc21. The lowest BCUT2D eigenvalue weighted by molar-refractivity contribution is 0.0607. The maximum absolute atomic E-state index is 15.3. The van der Waals surface area contributed by atoms with E-state index >= 15 is 4.39 Å². The lowest BCUT2D eigenvalue weighted by Crippen LogP contribution is -2.51. The fraction of sp³-hybridized carbons (Fsp3) is 0.448. The van der Waals surface area contributed by atoms with E-state index in [4.69, 9.17) is 0 Å². The zero-order valence-corrected chi connectivity index (χ0v) is 22.7. The summed E-state index contributed by atoms with van der Waals surface area (Å²) in [6.07, 6.45) is 0.963. The summed E-state index contributed by atoms with van der Waals surface area (Å²) >= 11 is 0. The second-order valence-electron chi connectivity index (χ2n) is 11.4. The van der Waals surface area contributed by atoms with Crippen LogP contribution in [0.2, 0.25) is 0 Å². The van der Waals surface area contributed by atoms with Crippen LogP contribution in [0.1, 0.15) is 55.1 Å². The van der Waals surface area contributed by atoms with E-state index in [2.05, 4.69) is 5.32 Å². The van der Waals surface area contributed by atoms with Crippen LogP contribution in [0.5, 0.6) is 0 Å². The van der Waals surface area contributed by atoms with Gasteiger partial charge in [-0.1, -0.05) is 18.2 Å². The summed E-state index contributed by atoms with van der Waals surface area (Å²) < 4.78 is 44.5. The predicted molar refractivity (Wildman–Crippen MR) is 146 cm³/mol. The third-order valence-electron chi connectivity index (χ3n) is 8.35. The fourth-order valence-corrected chi connectivity index (χ4v) is 6.00. The molecule has 0 spiro atoms. The summed E-state index contributed by atoms with van der Waals surface area (Å²) in [4.78, 5) is 55.8. The van der Waals surface area contributed by atoms with Gasteiger partial charge in [0.2, 0.25) is 0 Å². The maximum Gasteiger partial charge on any atom is 0.331 e. The van der Waals surface area contributed by atoms with Crippen molar-refractivity contribution in [2.75, 3.05) is 18.4 Å². The highest BCUT2D eigenvalue weighted by atomic mass is 19.3. The number of benzene rings is 2. The molecule has 3 aromatic rings. The van der Waals surface area contributed by atoms with Crippen LogP contribution < -0.4 is 16.6 Å². The largest absolute Gasteiger partial charge is 0.331 e. The average Bonchev–Trinajstić information content (AvgIpc) is 3.40. The van der Waals surface area contributed by atoms with Crippen LogP contribution in [0.25, 0.3) is 10.9 Å². The smallest absolute Gasteiger partial charge is 0.330 e. The second kappa shape index (κ2) is 9.78. The molecule has 6 rings (SSSR count). The molecule has 1 aliphatic carbocycles. The van der Waals surface area contributed by atoms with Gasteiger partial charge >= 0.3 is 11.7 Å². The number of alkyl halides is 2. The molecule has 216 valence electrons. The number of likely N-dealkylation sites (tertiary alicyclic amines) is 1. The minimum Gasteiger partial charge on any atom is -0.330 e. The Balaban J connectivity index is 1.26. The number of amides is 3. The van der Waals surface area contributed by atoms with Gasteiger partial charge in [0.05, 0.1) is 22.6 Å². The Labute approximate surface area is 233 Å². The summed E-state index contributed by atoms with van der Waals surface area (Å²) in [7, 11) is 0. The Bertz CT molecular complexity index is 1700. The Morgan fingerprint density at radius 2 is 1.88 bits per heavy atom. The lowest BCUT2D eigenvalue weighted by Gasteiger charge is -2.37. The molecule has 2 aliphatic heterocycles. The molecule has 12 heteroatoms. The molecule has 0 radical (unpaired) electrons. The first-order valence-corrected chi connectivity index (χ1v) is 13.8. The van der Waals surface area contributed by atoms with Crippen molar-refractivity contribution >= 4 is 28.5 Å². The number of urea groups is 1. The van der Waals surface area contributed by atoms with E-state index in [0.717, 1.165) is 28.7 Å². The molecule has 1 saturated carbocycles. The van der Waals surface area contributed by atoms with Crippen molar-refractivity contribution in [3.8, 4) is 0 Å². The van der Waals surface area contributed by atoms with Crippen molar-refractivity contribution in [3.05, 3.63) is 74.2 Å². The van der Waals surface area contributed by atoms with Gasteiger partial charge in [-0.3, -0.25) is 18.7 Å². The van der Waals surface area contributed by atoms with Crippen LogP contribution in [0.15, 0.2) is 46.0 Å². The molecule has 9 nitrogen and oxygen atoms in total. The molecule has 41 heavy (non-hydrogen) atoms. The number of carbonyl (C=O) groups is 2. The molecule has 1 N–H and O–H groups in total. The van der Waals surface area contributed by atoms with Crippen molar-refractivity contribution in [1.29, 1.82) is 0 Å². The first-order chi connectivity index (χ1) is 19.5. The Kier molecular flexibility index (Phi) is 6.46. The highest BCUT2D eigenvalue weighted by Crippen LogP contribution is 2.49. The molecule has 1 unspecified atom stereocenters. The van der Waals surface area contributed by atoms with E-state index in [1.165, 1.54) is 9.47 Å². The molecular weight excluding hydrogens is 539 g/mol. The number of halogens is 3. The van der Waals surface area contributed by atoms with Gasteiger partial charge in [0, 0.05) is 56.2 Å². The zero-order valence-electron chi connectivity index (χ0n) is 22.7. The Morgan fingerprint density at radius 3 is 2.56 bits per heavy atom. The number of nitrogens with one attached hydrogen (secondary N) is 1. The van der Waals surface area contributed by atoms with Gasteiger partial charge < -0.3 is 15.1 Å². The van der Waals surface area contributed by atoms with Crippen LogP contribution in [-0.4, -0.2) is 55.9 Å². The van der Waals surface area contributed by atoms with Crippen LogP contribution in [0.3, 0.4) is 0 Å². The van der Waals surface area contributed by atoms with Gasteiger partial charge in [-0.05, 0) is 44.4 Å². The standard InChI is InChI=1S/C29H30F3N5O4/c1-16(2)37-24-11-22(30)23(10-21(24)26(39)36(28(37)41)14-18-12-29(18,31)32)33-27(40)34-9-5-7-19(15-34)35-13-17-6-3-4-8-20(17)25(35)38/h3-4,6,8,10-11,16,18-19H,5,7,9,12-15H2,1-2H3,(H,33,40)/t18?,19-/m1/s1. The number of nitrogens with zero attached hydrogens (tertiary/aromatic N) is 4. The maximum atomic E-state index is 15.3. The van der Waals surface area contributed by atoms with E-state index < -0.39 is 53.9 Å². The van der Waals surface area contributed by atoms with Crippen molar-refractivity contribution < 1.29 is 22.8 Å². The molecule has 2 atom stereocenters. The Morgan fingerprint density at radius 1 is 1.15 bits per heavy atom. The van der Waals surface area contributed by atoms with Gasteiger partial charge in [0.1, 0.15) is 5.82 Å². The first-order valence-electron chi connectivity index (χ1n) is 13.8. The molecule has 0 bridgehead atoms. The van der Waals surface area contributed by atoms with E-state index in [1.54, 1.807) is 24.8 Å². The normalized spacial score (nSPS) is 21.5. The summed E-state index contributed by atoms with van der Waals surface area (Å²) in [6.45, 7) is 4.03. The summed E-state index contributed by atoms with van der Waals surface area (Å²) in [6, 6.07) is 8.29. The van der Waals surface area contributed by atoms with Crippen LogP contribution >= 0.6 is 0 Å². The molecule has 1 saturated heterocycles. The summed E-state index contributed by atoms with van der Waals surface area (Å²) in [5.74, 6) is -4.97. The lowest BCUT2D eigenvalue weighted by atomic mass is 10.0. The number of piperidine rings is 1. The van der Waals surface area contributed by atoms with Crippen LogP contribution in [0, 0.1) is 11.7 Å². The number of fused-ring (bicyclic) bond motifs is 2. The number of hydrogen-bond donors (Lipinski definition) is 1. The van der Waals surface area contributed by atoms with Crippen LogP contribution in [-0.2, 0) is 13.1 Å². The molecule has 2 aromatic carbocycles. The number of carbonyl (C=O) groups excluding carboxylic acids is 2. The molecule has 2 fully saturated rings. The monoisotopic (exact) mass is 569 g/mol. The van der Waals surface area contributed by atoms with Crippen LogP contribution in [0.4, 0.5) is 23.7 Å². The van der Waals surface area contributed by atoms with Crippen molar-refractivity contribution in [3.63, 3.8) is 0 Å². The summed E-state index contributed by atoms with van der Waals surface area (Å²) in [5, 5.41) is 2.48. The minimum absolute atomic E-state index is 0.0226. The minimum atomic E-state index is -2.93. The van der Waals surface area contributed by atoms with Crippen molar-refractivity contribution in [2.24, 2.45) is 5.92 Å². The van der Waals surface area contributed by atoms with E-state index in [-0.39, 0.29) is 35.1 Å². The fourth-order valence-electron chi connectivity index (χ4n) is 6.00. The molecule has 1 aromatic heterocycles. The molecule has 3 aliphatic rings. The summed E-state index contributed by atoms with van der Waals surface area (Å²) in [5.41, 5.74) is -0.242. The average molecular weight is 570 g/mol. The topological polar surface area (TPSA) is 96.6 Å². The number of rotatable bonds is 5.